The average molecular weight is 223 g/mol. The summed E-state index contributed by atoms with van der Waals surface area (Å²) >= 11 is 0. The monoisotopic (exact) mass is 223 g/mol. The Hall–Kier alpha value is -0.900. The fourth-order valence-corrected chi connectivity index (χ4v) is 1.90. The predicted molar refractivity (Wildman–Crippen MR) is 62.1 cm³/mol. The Balaban J connectivity index is 1.90. The minimum absolute atomic E-state index is 0.411. The fraction of sp³-hybridized carbons (Fsp3) is 0.833. The van der Waals surface area contributed by atoms with E-state index >= 15 is 0 Å². The van der Waals surface area contributed by atoms with Crippen LogP contribution in [-0.2, 0) is 12.8 Å². The Morgan fingerprint density at radius 1 is 1.44 bits per heavy atom. The van der Waals surface area contributed by atoms with Gasteiger partial charge in [-0.2, -0.15) is 4.98 Å². The summed E-state index contributed by atoms with van der Waals surface area (Å²) in [6.07, 6.45) is 4.48. The van der Waals surface area contributed by atoms with E-state index in [2.05, 4.69) is 29.3 Å². The van der Waals surface area contributed by atoms with Crippen LogP contribution in [0.4, 0.5) is 0 Å². The average Bonchev–Trinajstić information content (AvgIpc) is 2.93. The van der Waals surface area contributed by atoms with E-state index in [9.17, 15) is 0 Å². The summed E-state index contributed by atoms with van der Waals surface area (Å²) in [5, 5.41) is 7.31. The molecule has 1 aromatic rings. The van der Waals surface area contributed by atoms with Crippen molar-refractivity contribution in [1.29, 1.82) is 0 Å². The van der Waals surface area contributed by atoms with Gasteiger partial charge in [-0.1, -0.05) is 19.0 Å². The largest absolute Gasteiger partial charge is 0.339 e. The lowest BCUT2D eigenvalue weighted by molar-refractivity contribution is 0.333. The molecule has 1 heterocycles. The molecule has 1 N–H and O–H groups in total. The van der Waals surface area contributed by atoms with Gasteiger partial charge in [0.15, 0.2) is 5.82 Å². The summed E-state index contributed by atoms with van der Waals surface area (Å²) in [6.45, 7) is 4.39. The van der Waals surface area contributed by atoms with Gasteiger partial charge in [0, 0.05) is 18.9 Å². The molecule has 0 saturated heterocycles. The Bertz CT molecular complexity index is 331. The van der Waals surface area contributed by atoms with Gasteiger partial charge in [-0.25, -0.2) is 0 Å². The quantitative estimate of drug-likeness (QED) is 0.799. The van der Waals surface area contributed by atoms with Crippen LogP contribution in [0.3, 0.4) is 0 Å². The minimum atomic E-state index is 0.411. The van der Waals surface area contributed by atoms with Crippen LogP contribution in [0.25, 0.3) is 0 Å². The summed E-state index contributed by atoms with van der Waals surface area (Å²) in [5.74, 6) is 3.04. The molecule has 0 spiro atoms. The second-order valence-electron chi connectivity index (χ2n) is 5.10. The topological polar surface area (TPSA) is 51.0 Å². The van der Waals surface area contributed by atoms with E-state index in [1.165, 1.54) is 12.8 Å². The van der Waals surface area contributed by atoms with Crippen LogP contribution in [0, 0.1) is 11.8 Å². The Labute approximate surface area is 96.8 Å². The lowest BCUT2D eigenvalue weighted by Crippen LogP contribution is -2.32. The number of hydrogen-bond donors (Lipinski definition) is 1. The number of nitrogens with zero attached hydrogens (tertiary/aromatic N) is 2. The van der Waals surface area contributed by atoms with Crippen LogP contribution in [0.15, 0.2) is 4.52 Å². The zero-order chi connectivity index (χ0) is 11.5. The third-order valence-electron chi connectivity index (χ3n) is 3.25. The first-order valence-corrected chi connectivity index (χ1v) is 6.17. The van der Waals surface area contributed by atoms with Gasteiger partial charge >= 0.3 is 0 Å². The number of rotatable bonds is 6. The highest BCUT2D eigenvalue weighted by molar-refractivity contribution is 4.94. The molecular weight excluding hydrogens is 202 g/mol. The third kappa shape index (κ3) is 3.04. The summed E-state index contributed by atoms with van der Waals surface area (Å²) in [4.78, 5) is 4.44. The molecule has 1 atom stereocenters. The molecule has 90 valence electrons. The lowest BCUT2D eigenvalue weighted by atomic mass is 10.0. The first-order chi connectivity index (χ1) is 7.69. The van der Waals surface area contributed by atoms with Crippen molar-refractivity contribution in [3.63, 3.8) is 0 Å². The smallest absolute Gasteiger partial charge is 0.228 e. The second kappa shape index (κ2) is 4.95. The first-order valence-electron chi connectivity index (χ1n) is 6.17. The summed E-state index contributed by atoms with van der Waals surface area (Å²) in [7, 11) is 1.98. The van der Waals surface area contributed by atoms with Crippen molar-refractivity contribution >= 4 is 0 Å². The summed E-state index contributed by atoms with van der Waals surface area (Å²) in [6, 6.07) is 0.411. The molecule has 1 fully saturated rings. The molecule has 1 unspecified atom stereocenters. The van der Waals surface area contributed by atoms with Gasteiger partial charge in [0.1, 0.15) is 0 Å². The van der Waals surface area contributed by atoms with Gasteiger partial charge < -0.3 is 9.84 Å². The number of hydrogen-bond acceptors (Lipinski definition) is 4. The number of nitrogens with one attached hydrogen (secondary N) is 1. The molecule has 1 aliphatic carbocycles. The van der Waals surface area contributed by atoms with Crippen molar-refractivity contribution in [3.8, 4) is 0 Å². The maximum absolute atomic E-state index is 5.27. The summed E-state index contributed by atoms with van der Waals surface area (Å²) in [5.41, 5.74) is 0. The number of likely N-dealkylation sites (N-methyl/N-ethyl adjacent to an activating group) is 1. The van der Waals surface area contributed by atoms with E-state index in [1.54, 1.807) is 0 Å². The Morgan fingerprint density at radius 2 is 2.19 bits per heavy atom. The van der Waals surface area contributed by atoms with Gasteiger partial charge in [-0.3, -0.25) is 0 Å². The highest BCUT2D eigenvalue weighted by Crippen LogP contribution is 2.31. The highest BCUT2D eigenvalue weighted by Gasteiger charge is 2.24. The van der Waals surface area contributed by atoms with Crippen molar-refractivity contribution in [2.75, 3.05) is 7.05 Å². The predicted octanol–water partition coefficient (Wildman–Crippen LogP) is 1.81. The second-order valence-corrected chi connectivity index (χ2v) is 5.10. The molecule has 0 aromatic carbocycles. The van der Waals surface area contributed by atoms with E-state index in [-0.39, 0.29) is 0 Å². The van der Waals surface area contributed by atoms with Crippen LogP contribution in [0.5, 0.6) is 0 Å². The molecule has 1 saturated carbocycles. The normalized spacial score (nSPS) is 18.0. The molecule has 1 aromatic heterocycles. The van der Waals surface area contributed by atoms with Crippen LogP contribution < -0.4 is 5.32 Å². The van der Waals surface area contributed by atoms with Gasteiger partial charge in [0.2, 0.25) is 5.89 Å². The molecular formula is C12H21N3O. The van der Waals surface area contributed by atoms with E-state index in [0.29, 0.717) is 12.0 Å². The van der Waals surface area contributed by atoms with Crippen LogP contribution in [0.1, 0.15) is 38.4 Å². The molecule has 16 heavy (non-hydrogen) atoms. The van der Waals surface area contributed by atoms with Crippen LogP contribution >= 0.6 is 0 Å². The van der Waals surface area contributed by atoms with Gasteiger partial charge in [0.25, 0.3) is 0 Å². The maximum atomic E-state index is 5.27. The van der Waals surface area contributed by atoms with Crippen molar-refractivity contribution < 1.29 is 4.52 Å². The Morgan fingerprint density at radius 3 is 2.75 bits per heavy atom. The van der Waals surface area contributed by atoms with Gasteiger partial charge in [-0.15, -0.1) is 0 Å². The van der Waals surface area contributed by atoms with Crippen LogP contribution in [0.2, 0.25) is 0 Å². The molecule has 1 aliphatic rings. The zero-order valence-electron chi connectivity index (χ0n) is 10.4. The van der Waals surface area contributed by atoms with Crippen molar-refractivity contribution in [2.45, 2.75) is 45.6 Å². The SMILES string of the molecule is CNC(Cc1nc(CC2CC2)no1)C(C)C. The van der Waals surface area contributed by atoms with E-state index < -0.39 is 0 Å². The fourth-order valence-electron chi connectivity index (χ4n) is 1.90. The number of aromatic nitrogens is 2. The van der Waals surface area contributed by atoms with E-state index in [4.69, 9.17) is 4.52 Å². The van der Waals surface area contributed by atoms with Gasteiger partial charge in [-0.05, 0) is 31.7 Å². The van der Waals surface area contributed by atoms with E-state index in [0.717, 1.165) is 30.5 Å². The van der Waals surface area contributed by atoms with Crippen LogP contribution in [-0.4, -0.2) is 23.2 Å². The standard InChI is InChI=1S/C12H21N3O/c1-8(2)10(13-3)7-12-14-11(15-16-12)6-9-4-5-9/h8-10,13H,4-7H2,1-3H3. The minimum Gasteiger partial charge on any atom is -0.339 e. The molecule has 4 heteroatoms. The molecule has 2 rings (SSSR count). The molecule has 0 aliphatic heterocycles. The third-order valence-corrected chi connectivity index (χ3v) is 3.25. The van der Waals surface area contributed by atoms with Crippen molar-refractivity contribution in [2.24, 2.45) is 11.8 Å². The van der Waals surface area contributed by atoms with Gasteiger partial charge in [0.05, 0.1) is 0 Å². The maximum Gasteiger partial charge on any atom is 0.228 e. The summed E-state index contributed by atoms with van der Waals surface area (Å²) < 4.78 is 5.27. The molecule has 0 radical (unpaired) electrons. The highest BCUT2D eigenvalue weighted by atomic mass is 16.5. The lowest BCUT2D eigenvalue weighted by Gasteiger charge is -2.17. The van der Waals surface area contributed by atoms with Crippen molar-refractivity contribution in [1.82, 2.24) is 15.5 Å². The van der Waals surface area contributed by atoms with E-state index in [1.807, 2.05) is 7.05 Å². The molecule has 0 amide bonds. The Kier molecular flexibility index (Phi) is 3.59. The molecule has 4 nitrogen and oxygen atoms in total. The first kappa shape index (κ1) is 11.6. The zero-order valence-corrected chi connectivity index (χ0v) is 10.4. The van der Waals surface area contributed by atoms with Crippen molar-refractivity contribution in [3.05, 3.63) is 11.7 Å². The molecule has 0 bridgehead atoms.